The number of benzene rings is 1. The normalized spacial score (nSPS) is 9.83. The Kier molecular flexibility index (Phi) is 3.61. The van der Waals surface area contributed by atoms with Gasteiger partial charge < -0.3 is 11.1 Å². The van der Waals surface area contributed by atoms with Crippen molar-refractivity contribution in [1.29, 1.82) is 0 Å². The third kappa shape index (κ3) is 2.55. The van der Waals surface area contributed by atoms with E-state index in [1.54, 1.807) is 0 Å². The van der Waals surface area contributed by atoms with Crippen LogP contribution in [0.15, 0.2) is 24.3 Å². The summed E-state index contributed by atoms with van der Waals surface area (Å²) in [6.45, 7) is 3.81. The summed E-state index contributed by atoms with van der Waals surface area (Å²) in [4.78, 5) is 0. The zero-order chi connectivity index (χ0) is 8.81. The number of aryl methyl sites for hydroxylation is 1. The molecule has 0 unspecified atom stereocenters. The molecule has 1 aromatic carbocycles. The highest BCUT2D eigenvalue weighted by Gasteiger charge is 1.93. The Morgan fingerprint density at radius 2 is 2.08 bits per heavy atom. The third-order valence-corrected chi connectivity index (χ3v) is 1.84. The number of para-hydroxylation sites is 1. The molecule has 0 atom stereocenters. The smallest absolute Gasteiger partial charge is 0.0369 e. The minimum absolute atomic E-state index is 0.749. The lowest BCUT2D eigenvalue weighted by molar-refractivity contribution is 0.873. The number of hydrogen-bond donors (Lipinski definition) is 2. The molecule has 0 saturated heterocycles. The Morgan fingerprint density at radius 3 is 2.75 bits per heavy atom. The fourth-order valence-corrected chi connectivity index (χ4v) is 1.10. The highest BCUT2D eigenvalue weighted by atomic mass is 14.9. The highest BCUT2D eigenvalue weighted by molar-refractivity contribution is 5.49. The molecule has 0 fully saturated rings. The minimum Gasteiger partial charge on any atom is -0.385 e. The van der Waals surface area contributed by atoms with Gasteiger partial charge in [0, 0.05) is 12.2 Å². The van der Waals surface area contributed by atoms with E-state index in [1.807, 2.05) is 12.1 Å². The topological polar surface area (TPSA) is 38.0 Å². The summed E-state index contributed by atoms with van der Waals surface area (Å²) in [5.41, 5.74) is 7.89. The maximum absolute atomic E-state index is 5.39. The second kappa shape index (κ2) is 4.78. The van der Waals surface area contributed by atoms with E-state index in [1.165, 1.54) is 11.3 Å². The van der Waals surface area contributed by atoms with Gasteiger partial charge >= 0.3 is 0 Å². The summed E-state index contributed by atoms with van der Waals surface area (Å²) in [5, 5.41) is 3.33. The average Bonchev–Trinajstić information content (AvgIpc) is 2.09. The molecule has 2 heteroatoms. The molecule has 12 heavy (non-hydrogen) atoms. The first kappa shape index (κ1) is 9.07. The highest BCUT2D eigenvalue weighted by Crippen LogP contribution is 2.12. The van der Waals surface area contributed by atoms with Crippen LogP contribution in [0, 0.1) is 6.92 Å². The minimum atomic E-state index is 0.749. The van der Waals surface area contributed by atoms with E-state index in [9.17, 15) is 0 Å². The molecule has 0 aliphatic rings. The number of rotatable bonds is 4. The lowest BCUT2D eigenvalue weighted by atomic mass is 10.2. The lowest BCUT2D eigenvalue weighted by Gasteiger charge is -2.07. The molecule has 0 saturated carbocycles. The molecule has 0 heterocycles. The van der Waals surface area contributed by atoms with Gasteiger partial charge in [-0.05, 0) is 31.5 Å². The van der Waals surface area contributed by atoms with E-state index in [4.69, 9.17) is 5.73 Å². The van der Waals surface area contributed by atoms with Gasteiger partial charge in [0.05, 0.1) is 0 Å². The molecule has 3 N–H and O–H groups in total. The molecule has 2 nitrogen and oxygen atoms in total. The average molecular weight is 164 g/mol. The third-order valence-electron chi connectivity index (χ3n) is 1.84. The monoisotopic (exact) mass is 164 g/mol. The van der Waals surface area contributed by atoms with Gasteiger partial charge in [0.1, 0.15) is 0 Å². The Morgan fingerprint density at radius 1 is 1.33 bits per heavy atom. The predicted molar refractivity (Wildman–Crippen MR) is 53.3 cm³/mol. The van der Waals surface area contributed by atoms with Gasteiger partial charge in [0.2, 0.25) is 0 Å². The molecular formula is C10H16N2. The first-order valence-corrected chi connectivity index (χ1v) is 4.34. The molecule has 0 aromatic heterocycles. The van der Waals surface area contributed by atoms with Crippen molar-refractivity contribution in [2.75, 3.05) is 18.4 Å². The maximum Gasteiger partial charge on any atom is 0.0369 e. The molecule has 1 aromatic rings. The van der Waals surface area contributed by atoms with Crippen LogP contribution in [-0.2, 0) is 0 Å². The molecular weight excluding hydrogens is 148 g/mol. The van der Waals surface area contributed by atoms with Crippen LogP contribution in [0.4, 0.5) is 5.69 Å². The molecule has 0 aliphatic heterocycles. The van der Waals surface area contributed by atoms with Crippen molar-refractivity contribution in [3.8, 4) is 0 Å². The fourth-order valence-electron chi connectivity index (χ4n) is 1.10. The fraction of sp³-hybridized carbons (Fsp3) is 0.400. The zero-order valence-corrected chi connectivity index (χ0v) is 7.51. The van der Waals surface area contributed by atoms with Crippen molar-refractivity contribution in [2.24, 2.45) is 5.73 Å². The quantitative estimate of drug-likeness (QED) is 0.665. The van der Waals surface area contributed by atoms with Gasteiger partial charge in [0.15, 0.2) is 0 Å². The van der Waals surface area contributed by atoms with E-state index in [2.05, 4.69) is 24.4 Å². The van der Waals surface area contributed by atoms with Gasteiger partial charge in [-0.3, -0.25) is 0 Å². The number of nitrogens with one attached hydrogen (secondary N) is 1. The first-order chi connectivity index (χ1) is 5.84. The van der Waals surface area contributed by atoms with Crippen LogP contribution in [0.3, 0.4) is 0 Å². The van der Waals surface area contributed by atoms with Crippen LogP contribution in [0.1, 0.15) is 12.0 Å². The SMILES string of the molecule is Cc1ccccc1NCCCN. The van der Waals surface area contributed by atoms with E-state index < -0.39 is 0 Å². The van der Waals surface area contributed by atoms with Crippen LogP contribution in [0.5, 0.6) is 0 Å². The van der Waals surface area contributed by atoms with Crippen LogP contribution in [0.25, 0.3) is 0 Å². The van der Waals surface area contributed by atoms with Crippen LogP contribution >= 0.6 is 0 Å². The Hall–Kier alpha value is -1.02. The molecule has 0 spiro atoms. The van der Waals surface area contributed by atoms with Crippen molar-refractivity contribution in [3.05, 3.63) is 29.8 Å². The van der Waals surface area contributed by atoms with Crippen LogP contribution in [-0.4, -0.2) is 13.1 Å². The van der Waals surface area contributed by atoms with Gasteiger partial charge in [-0.2, -0.15) is 0 Å². The number of anilines is 1. The second-order valence-corrected chi connectivity index (χ2v) is 2.88. The van der Waals surface area contributed by atoms with E-state index in [0.717, 1.165) is 19.5 Å². The van der Waals surface area contributed by atoms with E-state index in [-0.39, 0.29) is 0 Å². The van der Waals surface area contributed by atoms with Crippen molar-refractivity contribution in [3.63, 3.8) is 0 Å². The maximum atomic E-state index is 5.39. The second-order valence-electron chi connectivity index (χ2n) is 2.88. The molecule has 0 aliphatic carbocycles. The summed E-state index contributed by atoms with van der Waals surface area (Å²) < 4.78 is 0. The molecule has 0 radical (unpaired) electrons. The molecule has 0 bridgehead atoms. The van der Waals surface area contributed by atoms with Crippen LogP contribution < -0.4 is 11.1 Å². The van der Waals surface area contributed by atoms with Crippen molar-refractivity contribution >= 4 is 5.69 Å². The Balaban J connectivity index is 2.46. The van der Waals surface area contributed by atoms with Crippen molar-refractivity contribution in [2.45, 2.75) is 13.3 Å². The standard InChI is InChI=1S/C10H16N2/c1-9-5-2-3-6-10(9)12-8-4-7-11/h2-3,5-6,12H,4,7-8,11H2,1H3. The van der Waals surface area contributed by atoms with E-state index >= 15 is 0 Å². The predicted octanol–water partition coefficient (Wildman–Crippen LogP) is 1.76. The van der Waals surface area contributed by atoms with Crippen molar-refractivity contribution in [1.82, 2.24) is 0 Å². The van der Waals surface area contributed by atoms with E-state index in [0.29, 0.717) is 0 Å². The zero-order valence-electron chi connectivity index (χ0n) is 7.51. The first-order valence-electron chi connectivity index (χ1n) is 4.34. The summed E-state index contributed by atoms with van der Waals surface area (Å²) in [6, 6.07) is 8.28. The van der Waals surface area contributed by atoms with Crippen molar-refractivity contribution < 1.29 is 0 Å². The summed E-state index contributed by atoms with van der Waals surface area (Å²) in [7, 11) is 0. The molecule has 1 rings (SSSR count). The summed E-state index contributed by atoms with van der Waals surface area (Å²) in [6.07, 6.45) is 1.02. The largest absolute Gasteiger partial charge is 0.385 e. The Bertz CT molecular complexity index is 233. The van der Waals surface area contributed by atoms with Crippen LogP contribution in [0.2, 0.25) is 0 Å². The number of nitrogens with two attached hydrogens (primary N) is 1. The van der Waals surface area contributed by atoms with Gasteiger partial charge in [-0.25, -0.2) is 0 Å². The molecule has 0 amide bonds. The number of hydrogen-bond acceptors (Lipinski definition) is 2. The van der Waals surface area contributed by atoms with Gasteiger partial charge in [-0.15, -0.1) is 0 Å². The van der Waals surface area contributed by atoms with Gasteiger partial charge in [-0.1, -0.05) is 18.2 Å². The summed E-state index contributed by atoms with van der Waals surface area (Å²) >= 11 is 0. The van der Waals surface area contributed by atoms with Gasteiger partial charge in [0.25, 0.3) is 0 Å². The summed E-state index contributed by atoms with van der Waals surface area (Å²) in [5.74, 6) is 0. The molecule has 66 valence electrons. The Labute approximate surface area is 73.8 Å². The lowest BCUT2D eigenvalue weighted by Crippen LogP contribution is -2.08.